The Labute approximate surface area is 121 Å². The molecule has 2 aromatic carbocycles. The number of hydrogen-bond donors (Lipinski definition) is 0. The second kappa shape index (κ2) is 4.87. The first-order valence-corrected chi connectivity index (χ1v) is 6.76. The molecule has 0 aliphatic heterocycles. The van der Waals surface area contributed by atoms with Crippen molar-refractivity contribution in [3.05, 3.63) is 73.1 Å². The zero-order chi connectivity index (χ0) is 14.1. The maximum Gasteiger partial charge on any atom is 0.129 e. The molecule has 0 radical (unpaired) electrons. The topological polar surface area (TPSA) is 35.0 Å². The normalized spacial score (nSPS) is 10.9. The van der Waals surface area contributed by atoms with E-state index < -0.39 is 0 Å². The highest BCUT2D eigenvalue weighted by atomic mass is 16.5. The third-order valence-electron chi connectivity index (χ3n) is 3.39. The molecule has 0 unspecified atom stereocenters. The van der Waals surface area contributed by atoms with Crippen molar-refractivity contribution in [2.24, 2.45) is 0 Å². The Morgan fingerprint density at radius 2 is 1.14 bits per heavy atom. The van der Waals surface area contributed by atoms with Crippen molar-refractivity contribution in [1.29, 1.82) is 0 Å². The summed E-state index contributed by atoms with van der Waals surface area (Å²) in [5.74, 6) is 1.55. The van der Waals surface area contributed by atoms with Gasteiger partial charge in [0.25, 0.3) is 0 Å². The monoisotopic (exact) mass is 272 g/mol. The molecule has 0 atom stereocenters. The number of aromatic nitrogens is 2. The van der Waals surface area contributed by atoms with Crippen LogP contribution in [-0.2, 0) is 0 Å². The van der Waals surface area contributed by atoms with E-state index in [2.05, 4.69) is 9.97 Å². The minimum Gasteiger partial charge on any atom is -0.457 e. The summed E-state index contributed by atoms with van der Waals surface area (Å²) in [6.07, 6.45) is 3.57. The van der Waals surface area contributed by atoms with E-state index in [0.717, 1.165) is 33.3 Å². The molecule has 0 N–H and O–H groups in total. The lowest BCUT2D eigenvalue weighted by Crippen LogP contribution is -1.86. The van der Waals surface area contributed by atoms with Gasteiger partial charge in [-0.2, -0.15) is 0 Å². The summed E-state index contributed by atoms with van der Waals surface area (Å²) in [6.45, 7) is 0. The van der Waals surface area contributed by atoms with E-state index in [9.17, 15) is 0 Å². The van der Waals surface area contributed by atoms with E-state index in [0.29, 0.717) is 0 Å². The molecule has 0 saturated carbocycles. The third-order valence-corrected chi connectivity index (χ3v) is 3.39. The fraction of sp³-hybridized carbons (Fsp3) is 0. The SMILES string of the molecule is c1cnc2cc(Oc3ccc4cccnc4c3)ccc2c1. The van der Waals surface area contributed by atoms with Crippen molar-refractivity contribution >= 4 is 21.8 Å². The van der Waals surface area contributed by atoms with Crippen molar-refractivity contribution in [1.82, 2.24) is 9.97 Å². The van der Waals surface area contributed by atoms with E-state index in [1.807, 2.05) is 60.7 Å². The van der Waals surface area contributed by atoms with Gasteiger partial charge in [0.05, 0.1) is 11.0 Å². The minimum absolute atomic E-state index is 0.775. The zero-order valence-electron chi connectivity index (χ0n) is 11.2. The Morgan fingerprint density at radius 3 is 1.67 bits per heavy atom. The molecule has 4 aromatic rings. The van der Waals surface area contributed by atoms with Gasteiger partial charge in [-0.1, -0.05) is 12.1 Å². The van der Waals surface area contributed by atoms with Crippen molar-refractivity contribution in [2.45, 2.75) is 0 Å². The van der Waals surface area contributed by atoms with Gasteiger partial charge in [0.15, 0.2) is 0 Å². The van der Waals surface area contributed by atoms with E-state index in [1.54, 1.807) is 12.4 Å². The molecular weight excluding hydrogens is 260 g/mol. The lowest BCUT2D eigenvalue weighted by molar-refractivity contribution is 0.484. The molecule has 3 heteroatoms. The Kier molecular flexibility index (Phi) is 2.75. The van der Waals surface area contributed by atoms with Gasteiger partial charge in [0.2, 0.25) is 0 Å². The molecule has 100 valence electrons. The summed E-state index contributed by atoms with van der Waals surface area (Å²) in [7, 11) is 0. The van der Waals surface area contributed by atoms with E-state index in [1.165, 1.54) is 0 Å². The fourth-order valence-electron chi connectivity index (χ4n) is 2.36. The van der Waals surface area contributed by atoms with Crippen LogP contribution in [0.5, 0.6) is 11.5 Å². The molecule has 0 amide bonds. The fourth-order valence-corrected chi connectivity index (χ4v) is 2.36. The number of rotatable bonds is 2. The van der Waals surface area contributed by atoms with Crippen LogP contribution in [0.1, 0.15) is 0 Å². The third kappa shape index (κ3) is 2.30. The molecule has 4 rings (SSSR count). The first-order chi connectivity index (χ1) is 10.4. The first-order valence-electron chi connectivity index (χ1n) is 6.76. The summed E-state index contributed by atoms with van der Waals surface area (Å²) in [6, 6.07) is 19.7. The quantitative estimate of drug-likeness (QED) is 0.536. The van der Waals surface area contributed by atoms with Gasteiger partial charge in [-0.15, -0.1) is 0 Å². The molecule has 2 aromatic heterocycles. The first kappa shape index (κ1) is 11.9. The standard InChI is InChI=1S/C18H12N2O/c1-3-13-5-7-15(11-17(13)19-9-1)21-16-8-6-14-4-2-10-20-18(14)12-16/h1-12H. The van der Waals surface area contributed by atoms with E-state index in [-0.39, 0.29) is 0 Å². The number of benzene rings is 2. The van der Waals surface area contributed by atoms with Gasteiger partial charge in [-0.05, 0) is 36.4 Å². The van der Waals surface area contributed by atoms with E-state index in [4.69, 9.17) is 4.74 Å². The van der Waals surface area contributed by atoms with Crippen molar-refractivity contribution in [3.8, 4) is 11.5 Å². The van der Waals surface area contributed by atoms with Crippen LogP contribution in [0.3, 0.4) is 0 Å². The maximum absolute atomic E-state index is 5.91. The molecule has 21 heavy (non-hydrogen) atoms. The predicted molar refractivity (Wildman–Crippen MR) is 83.6 cm³/mol. The van der Waals surface area contributed by atoms with Crippen LogP contribution in [0.4, 0.5) is 0 Å². The maximum atomic E-state index is 5.91. The summed E-state index contributed by atoms with van der Waals surface area (Å²) in [5.41, 5.74) is 1.85. The van der Waals surface area contributed by atoms with Gasteiger partial charge >= 0.3 is 0 Å². The van der Waals surface area contributed by atoms with Crippen LogP contribution in [-0.4, -0.2) is 9.97 Å². The van der Waals surface area contributed by atoms with Crippen molar-refractivity contribution in [2.75, 3.05) is 0 Å². The molecule has 3 nitrogen and oxygen atoms in total. The largest absolute Gasteiger partial charge is 0.457 e. The summed E-state index contributed by atoms with van der Waals surface area (Å²) < 4.78 is 5.91. The second-order valence-corrected chi connectivity index (χ2v) is 4.82. The van der Waals surface area contributed by atoms with Crippen molar-refractivity contribution in [3.63, 3.8) is 0 Å². The number of hydrogen-bond acceptors (Lipinski definition) is 3. The number of nitrogens with zero attached hydrogens (tertiary/aromatic N) is 2. The Bertz CT molecular complexity index is 857. The number of pyridine rings is 2. The Balaban J connectivity index is 1.71. The molecule has 0 spiro atoms. The average Bonchev–Trinajstić information content (AvgIpc) is 2.55. The molecule has 2 heterocycles. The highest BCUT2D eigenvalue weighted by Crippen LogP contribution is 2.26. The Morgan fingerprint density at radius 1 is 0.619 bits per heavy atom. The lowest BCUT2D eigenvalue weighted by atomic mass is 10.2. The minimum atomic E-state index is 0.775. The molecule has 0 bridgehead atoms. The van der Waals surface area contributed by atoms with Crippen LogP contribution in [0, 0.1) is 0 Å². The smallest absolute Gasteiger partial charge is 0.129 e. The Hall–Kier alpha value is -2.94. The summed E-state index contributed by atoms with van der Waals surface area (Å²) in [4.78, 5) is 8.68. The van der Waals surface area contributed by atoms with Crippen LogP contribution in [0.2, 0.25) is 0 Å². The van der Waals surface area contributed by atoms with Gasteiger partial charge in [-0.25, -0.2) is 0 Å². The van der Waals surface area contributed by atoms with Gasteiger partial charge < -0.3 is 4.74 Å². The van der Waals surface area contributed by atoms with Crippen LogP contribution < -0.4 is 4.74 Å². The summed E-state index contributed by atoms with van der Waals surface area (Å²) in [5, 5.41) is 2.20. The lowest BCUT2D eigenvalue weighted by Gasteiger charge is -2.07. The number of fused-ring (bicyclic) bond motifs is 2. The molecule has 0 saturated heterocycles. The average molecular weight is 272 g/mol. The molecule has 0 aliphatic carbocycles. The number of ether oxygens (including phenoxy) is 1. The molecular formula is C18H12N2O. The van der Waals surface area contributed by atoms with Gasteiger partial charge in [0.1, 0.15) is 11.5 Å². The molecule has 0 aliphatic rings. The molecule has 0 fully saturated rings. The van der Waals surface area contributed by atoms with Crippen molar-refractivity contribution < 1.29 is 4.74 Å². The predicted octanol–water partition coefficient (Wildman–Crippen LogP) is 4.58. The van der Waals surface area contributed by atoms with Crippen LogP contribution >= 0.6 is 0 Å². The van der Waals surface area contributed by atoms with Gasteiger partial charge in [-0.3, -0.25) is 9.97 Å². The summed E-state index contributed by atoms with van der Waals surface area (Å²) >= 11 is 0. The van der Waals surface area contributed by atoms with Gasteiger partial charge in [0, 0.05) is 35.3 Å². The zero-order valence-corrected chi connectivity index (χ0v) is 11.2. The highest BCUT2D eigenvalue weighted by Gasteiger charge is 2.02. The van der Waals surface area contributed by atoms with E-state index >= 15 is 0 Å². The second-order valence-electron chi connectivity index (χ2n) is 4.82. The highest BCUT2D eigenvalue weighted by molar-refractivity contribution is 5.81. The van der Waals surface area contributed by atoms with Crippen LogP contribution in [0.15, 0.2) is 73.1 Å². The van der Waals surface area contributed by atoms with Crippen LogP contribution in [0.25, 0.3) is 21.8 Å².